The Morgan fingerprint density at radius 1 is 1.54 bits per heavy atom. The zero-order valence-corrected chi connectivity index (χ0v) is 8.21. The van der Waals surface area contributed by atoms with Crippen LogP contribution < -0.4 is 10.5 Å². The maximum Gasteiger partial charge on any atom is 0.144 e. The van der Waals surface area contributed by atoms with Gasteiger partial charge in [-0.3, -0.25) is 0 Å². The van der Waals surface area contributed by atoms with E-state index in [9.17, 15) is 0 Å². The van der Waals surface area contributed by atoms with Crippen molar-refractivity contribution in [2.75, 3.05) is 13.7 Å². The predicted molar refractivity (Wildman–Crippen MR) is 56.1 cm³/mol. The van der Waals surface area contributed by atoms with Crippen LogP contribution in [0.3, 0.4) is 0 Å². The minimum Gasteiger partial charge on any atom is -0.495 e. The van der Waals surface area contributed by atoms with Gasteiger partial charge in [0.05, 0.1) is 12.1 Å². The van der Waals surface area contributed by atoms with Crippen LogP contribution in [0.25, 0.3) is 6.08 Å². The van der Waals surface area contributed by atoms with Crippen molar-refractivity contribution in [3.05, 3.63) is 34.9 Å². The van der Waals surface area contributed by atoms with Crippen LogP contribution >= 0.6 is 11.6 Å². The molecule has 0 aliphatic carbocycles. The molecule has 3 heteroatoms. The summed E-state index contributed by atoms with van der Waals surface area (Å²) in [5, 5.41) is 0.613. The van der Waals surface area contributed by atoms with Crippen LogP contribution in [0.5, 0.6) is 5.75 Å². The van der Waals surface area contributed by atoms with Gasteiger partial charge in [-0.2, -0.15) is 0 Å². The van der Waals surface area contributed by atoms with Crippen LogP contribution in [0, 0.1) is 0 Å². The highest BCUT2D eigenvalue weighted by atomic mass is 35.5. The first-order valence-electron chi connectivity index (χ1n) is 3.98. The van der Waals surface area contributed by atoms with Crippen molar-refractivity contribution in [1.29, 1.82) is 0 Å². The number of benzene rings is 1. The quantitative estimate of drug-likeness (QED) is 0.807. The van der Waals surface area contributed by atoms with Crippen molar-refractivity contribution in [1.82, 2.24) is 0 Å². The fourth-order valence-electron chi connectivity index (χ4n) is 1.07. The second kappa shape index (κ2) is 4.90. The molecule has 0 atom stereocenters. The molecular weight excluding hydrogens is 186 g/mol. The van der Waals surface area contributed by atoms with Gasteiger partial charge in [0.1, 0.15) is 5.75 Å². The van der Waals surface area contributed by atoms with Gasteiger partial charge < -0.3 is 10.5 Å². The lowest BCUT2D eigenvalue weighted by Crippen LogP contribution is -1.93. The number of rotatable bonds is 3. The van der Waals surface area contributed by atoms with E-state index in [4.69, 9.17) is 22.1 Å². The topological polar surface area (TPSA) is 35.2 Å². The summed E-state index contributed by atoms with van der Waals surface area (Å²) in [6.07, 6.45) is 3.75. The third-order valence-corrected chi connectivity index (χ3v) is 1.93. The lowest BCUT2D eigenvalue weighted by molar-refractivity contribution is 0.414. The Morgan fingerprint density at radius 3 is 2.92 bits per heavy atom. The summed E-state index contributed by atoms with van der Waals surface area (Å²) in [5.41, 5.74) is 6.29. The van der Waals surface area contributed by atoms with Crippen LogP contribution in [-0.2, 0) is 0 Å². The van der Waals surface area contributed by atoms with Crippen molar-refractivity contribution in [2.24, 2.45) is 5.73 Å². The van der Waals surface area contributed by atoms with Gasteiger partial charge in [0.25, 0.3) is 0 Å². The number of nitrogens with two attached hydrogens (primary N) is 1. The number of para-hydroxylation sites is 1. The van der Waals surface area contributed by atoms with E-state index in [1.54, 1.807) is 13.2 Å². The second-order valence-corrected chi connectivity index (χ2v) is 2.91. The fraction of sp³-hybridized carbons (Fsp3) is 0.200. The molecule has 2 N–H and O–H groups in total. The molecule has 0 heterocycles. The Balaban J connectivity index is 3.05. The van der Waals surface area contributed by atoms with Gasteiger partial charge in [0, 0.05) is 12.1 Å². The van der Waals surface area contributed by atoms with Gasteiger partial charge >= 0.3 is 0 Å². The van der Waals surface area contributed by atoms with Crippen LogP contribution in [-0.4, -0.2) is 13.7 Å². The standard InChI is InChI=1S/C10H12ClNO/c1-13-10-8(5-3-7-12)4-2-6-9(10)11/h2-6H,7,12H2,1H3/b5-3+. The lowest BCUT2D eigenvalue weighted by atomic mass is 10.2. The van der Waals surface area contributed by atoms with Crippen molar-refractivity contribution < 1.29 is 4.74 Å². The minimum atomic E-state index is 0.510. The number of hydrogen-bond acceptors (Lipinski definition) is 2. The molecule has 1 aromatic carbocycles. The van der Waals surface area contributed by atoms with Crippen molar-refractivity contribution in [2.45, 2.75) is 0 Å². The highest BCUT2D eigenvalue weighted by molar-refractivity contribution is 6.32. The van der Waals surface area contributed by atoms with E-state index in [1.807, 2.05) is 24.3 Å². The van der Waals surface area contributed by atoms with Crippen LogP contribution in [0.15, 0.2) is 24.3 Å². The number of halogens is 1. The predicted octanol–water partition coefficient (Wildman–Crippen LogP) is 2.32. The van der Waals surface area contributed by atoms with Crippen molar-refractivity contribution in [3.8, 4) is 5.75 Å². The van der Waals surface area contributed by atoms with Crippen LogP contribution in [0.4, 0.5) is 0 Å². The zero-order chi connectivity index (χ0) is 9.68. The first-order valence-corrected chi connectivity index (χ1v) is 4.36. The third kappa shape index (κ3) is 2.47. The van der Waals surface area contributed by atoms with Crippen LogP contribution in [0.2, 0.25) is 5.02 Å². The normalized spacial score (nSPS) is 10.7. The summed E-state index contributed by atoms with van der Waals surface area (Å²) >= 11 is 5.92. The zero-order valence-electron chi connectivity index (χ0n) is 7.46. The largest absolute Gasteiger partial charge is 0.495 e. The van der Waals surface area contributed by atoms with Gasteiger partial charge in [-0.25, -0.2) is 0 Å². The average Bonchev–Trinajstić information content (AvgIpc) is 2.15. The molecule has 0 aromatic heterocycles. The van der Waals surface area contributed by atoms with E-state index >= 15 is 0 Å². The van der Waals surface area contributed by atoms with E-state index in [1.165, 1.54) is 0 Å². The highest BCUT2D eigenvalue weighted by Crippen LogP contribution is 2.28. The fourth-order valence-corrected chi connectivity index (χ4v) is 1.33. The minimum absolute atomic E-state index is 0.510. The molecule has 0 bridgehead atoms. The third-order valence-electron chi connectivity index (χ3n) is 1.64. The molecule has 2 nitrogen and oxygen atoms in total. The molecule has 1 aromatic rings. The Hall–Kier alpha value is -0.990. The summed E-state index contributed by atoms with van der Waals surface area (Å²) in [6, 6.07) is 5.60. The summed E-state index contributed by atoms with van der Waals surface area (Å²) in [6.45, 7) is 0.510. The SMILES string of the molecule is COc1c(Cl)cccc1/C=C/CN. The number of hydrogen-bond donors (Lipinski definition) is 1. The second-order valence-electron chi connectivity index (χ2n) is 2.50. The van der Waals surface area contributed by atoms with Crippen molar-refractivity contribution in [3.63, 3.8) is 0 Å². The molecule has 70 valence electrons. The lowest BCUT2D eigenvalue weighted by Gasteiger charge is -2.05. The number of methoxy groups -OCH3 is 1. The maximum atomic E-state index is 5.92. The first kappa shape index (κ1) is 10.1. The van der Waals surface area contributed by atoms with E-state index < -0.39 is 0 Å². The van der Waals surface area contributed by atoms with Gasteiger partial charge in [-0.15, -0.1) is 0 Å². The van der Waals surface area contributed by atoms with E-state index in [-0.39, 0.29) is 0 Å². The summed E-state index contributed by atoms with van der Waals surface area (Å²) in [7, 11) is 1.60. The molecule has 0 radical (unpaired) electrons. The maximum absolute atomic E-state index is 5.92. The summed E-state index contributed by atoms with van der Waals surface area (Å²) in [5.74, 6) is 0.689. The monoisotopic (exact) mass is 197 g/mol. The van der Waals surface area contributed by atoms with Gasteiger partial charge in [0.15, 0.2) is 0 Å². The summed E-state index contributed by atoms with van der Waals surface area (Å²) < 4.78 is 5.15. The average molecular weight is 198 g/mol. The molecule has 0 amide bonds. The van der Waals surface area contributed by atoms with Crippen molar-refractivity contribution >= 4 is 17.7 Å². The van der Waals surface area contributed by atoms with Gasteiger partial charge in [-0.1, -0.05) is 35.9 Å². The first-order chi connectivity index (χ1) is 6.29. The van der Waals surface area contributed by atoms with E-state index in [0.717, 1.165) is 5.56 Å². The molecular formula is C10H12ClNO. The Labute approximate surface area is 83.0 Å². The van der Waals surface area contributed by atoms with Crippen LogP contribution in [0.1, 0.15) is 5.56 Å². The molecule has 0 saturated carbocycles. The Kier molecular flexibility index (Phi) is 3.80. The molecule has 0 aliphatic rings. The Morgan fingerprint density at radius 2 is 2.31 bits per heavy atom. The highest BCUT2D eigenvalue weighted by Gasteiger charge is 2.02. The van der Waals surface area contributed by atoms with Gasteiger partial charge in [0.2, 0.25) is 0 Å². The van der Waals surface area contributed by atoms with Gasteiger partial charge in [-0.05, 0) is 6.07 Å². The number of ether oxygens (including phenoxy) is 1. The molecule has 0 saturated heterocycles. The molecule has 0 fully saturated rings. The molecule has 0 aliphatic heterocycles. The molecule has 0 spiro atoms. The molecule has 1 rings (SSSR count). The smallest absolute Gasteiger partial charge is 0.144 e. The molecule has 13 heavy (non-hydrogen) atoms. The van der Waals surface area contributed by atoms with E-state index in [0.29, 0.717) is 17.3 Å². The Bertz CT molecular complexity index is 310. The summed E-state index contributed by atoms with van der Waals surface area (Å²) in [4.78, 5) is 0. The van der Waals surface area contributed by atoms with E-state index in [2.05, 4.69) is 0 Å². The molecule has 0 unspecified atom stereocenters.